The van der Waals surface area contributed by atoms with Crippen molar-refractivity contribution in [3.63, 3.8) is 0 Å². The molecule has 2 heterocycles. The average Bonchev–Trinajstić information content (AvgIpc) is 2.72. The summed E-state index contributed by atoms with van der Waals surface area (Å²) in [5.41, 5.74) is -0.411. The van der Waals surface area contributed by atoms with Crippen molar-refractivity contribution >= 4 is 16.3 Å². The van der Waals surface area contributed by atoms with E-state index in [1.807, 2.05) is 0 Å². The fourth-order valence-electron chi connectivity index (χ4n) is 1.58. The predicted octanol–water partition coefficient (Wildman–Crippen LogP) is 0.625. The predicted molar refractivity (Wildman–Crippen MR) is 64.0 cm³/mol. The number of aromatic amines is 1. The Hall–Kier alpha value is -1.18. The van der Waals surface area contributed by atoms with Crippen molar-refractivity contribution in [2.24, 2.45) is 0 Å². The van der Waals surface area contributed by atoms with Crippen LogP contribution >= 0.6 is 16.3 Å². The van der Waals surface area contributed by atoms with E-state index in [4.69, 9.17) is 8.57 Å². The standard InChI is InChI=1S/C10H11BrN2O4/c1-6-4-13(10(15)12-9(6)14)8-3-2-7(17-8)5-16-11/h2-4,7-8H,5H2,1H3,(H,12,14,15)/t7-,8+/m0/s1. The molecule has 0 radical (unpaired) electrons. The average molecular weight is 303 g/mol. The molecule has 1 aliphatic rings. The monoisotopic (exact) mass is 302 g/mol. The minimum Gasteiger partial charge on any atom is -0.344 e. The lowest BCUT2D eigenvalue weighted by atomic mass is 10.3. The summed E-state index contributed by atoms with van der Waals surface area (Å²) in [4.78, 5) is 25.0. The molecule has 1 N–H and O–H groups in total. The maximum absolute atomic E-state index is 11.6. The normalized spacial score (nSPS) is 23.2. The lowest BCUT2D eigenvalue weighted by Gasteiger charge is -2.15. The summed E-state index contributed by atoms with van der Waals surface area (Å²) in [7, 11) is 0. The Morgan fingerprint density at radius 2 is 2.29 bits per heavy atom. The number of H-pyrrole nitrogens is 1. The number of nitrogens with zero attached hydrogens (tertiary/aromatic N) is 1. The van der Waals surface area contributed by atoms with Gasteiger partial charge in [-0.05, 0) is 13.0 Å². The molecular formula is C10H11BrN2O4. The first-order valence-corrected chi connectivity index (χ1v) is 5.66. The zero-order valence-electron chi connectivity index (χ0n) is 9.05. The first-order valence-electron chi connectivity index (χ1n) is 5.01. The smallest absolute Gasteiger partial charge is 0.330 e. The maximum atomic E-state index is 11.6. The van der Waals surface area contributed by atoms with E-state index >= 15 is 0 Å². The van der Waals surface area contributed by atoms with Crippen LogP contribution in [-0.4, -0.2) is 22.3 Å². The third kappa shape index (κ3) is 2.56. The molecule has 0 aliphatic carbocycles. The molecule has 2 rings (SSSR count). The van der Waals surface area contributed by atoms with Crippen LogP contribution in [0.4, 0.5) is 0 Å². The summed E-state index contributed by atoms with van der Waals surface area (Å²) >= 11 is 2.84. The number of rotatable bonds is 3. The quantitative estimate of drug-likeness (QED) is 0.831. The van der Waals surface area contributed by atoms with Gasteiger partial charge in [0.25, 0.3) is 5.56 Å². The van der Waals surface area contributed by atoms with Gasteiger partial charge in [0.2, 0.25) is 0 Å². The van der Waals surface area contributed by atoms with Crippen molar-refractivity contribution < 1.29 is 8.57 Å². The van der Waals surface area contributed by atoms with Gasteiger partial charge in [-0.2, -0.15) is 0 Å². The molecule has 0 aromatic carbocycles. The zero-order chi connectivity index (χ0) is 12.4. The van der Waals surface area contributed by atoms with Crippen molar-refractivity contribution in [2.45, 2.75) is 19.3 Å². The second kappa shape index (κ2) is 4.99. The van der Waals surface area contributed by atoms with E-state index in [0.717, 1.165) is 0 Å². The van der Waals surface area contributed by atoms with Crippen molar-refractivity contribution in [3.05, 3.63) is 44.8 Å². The highest BCUT2D eigenvalue weighted by Crippen LogP contribution is 2.19. The van der Waals surface area contributed by atoms with Gasteiger partial charge in [0.05, 0.1) is 22.9 Å². The van der Waals surface area contributed by atoms with Crippen molar-refractivity contribution in [1.82, 2.24) is 9.55 Å². The van der Waals surface area contributed by atoms with E-state index in [-0.39, 0.29) is 11.7 Å². The maximum Gasteiger partial charge on any atom is 0.330 e. The van der Waals surface area contributed by atoms with Gasteiger partial charge < -0.3 is 8.57 Å². The molecule has 0 saturated heterocycles. The van der Waals surface area contributed by atoms with Crippen LogP contribution in [0.3, 0.4) is 0 Å². The van der Waals surface area contributed by atoms with Crippen molar-refractivity contribution in [2.75, 3.05) is 6.61 Å². The summed E-state index contributed by atoms with van der Waals surface area (Å²) in [6.45, 7) is 1.98. The number of halogens is 1. The molecule has 0 saturated carbocycles. The number of aromatic nitrogens is 2. The molecular weight excluding hydrogens is 292 g/mol. The minimum atomic E-state index is -0.509. The van der Waals surface area contributed by atoms with Crippen molar-refractivity contribution in [1.29, 1.82) is 0 Å². The Morgan fingerprint density at radius 1 is 1.53 bits per heavy atom. The zero-order valence-corrected chi connectivity index (χ0v) is 10.6. The first kappa shape index (κ1) is 12.3. The van der Waals surface area contributed by atoms with Crippen LogP contribution in [0.15, 0.2) is 27.9 Å². The largest absolute Gasteiger partial charge is 0.344 e. The van der Waals surface area contributed by atoms with Crippen LogP contribution in [0.1, 0.15) is 11.8 Å². The van der Waals surface area contributed by atoms with Gasteiger partial charge in [0.1, 0.15) is 6.10 Å². The van der Waals surface area contributed by atoms with Crippen LogP contribution < -0.4 is 11.2 Å². The van der Waals surface area contributed by atoms with Crippen LogP contribution in [0, 0.1) is 6.92 Å². The third-order valence-electron chi connectivity index (χ3n) is 2.45. The Bertz CT molecular complexity index is 548. The Morgan fingerprint density at radius 3 is 3.00 bits per heavy atom. The van der Waals surface area contributed by atoms with Gasteiger partial charge in [-0.15, -0.1) is 0 Å². The van der Waals surface area contributed by atoms with Crippen LogP contribution in [0.25, 0.3) is 0 Å². The molecule has 0 bridgehead atoms. The summed E-state index contributed by atoms with van der Waals surface area (Å²) in [5, 5.41) is 0. The molecule has 17 heavy (non-hydrogen) atoms. The molecule has 1 aromatic heterocycles. The van der Waals surface area contributed by atoms with E-state index in [1.54, 1.807) is 19.1 Å². The van der Waals surface area contributed by atoms with Crippen LogP contribution in [0.2, 0.25) is 0 Å². The molecule has 6 nitrogen and oxygen atoms in total. The molecule has 7 heteroatoms. The van der Waals surface area contributed by atoms with E-state index in [0.29, 0.717) is 12.2 Å². The number of hydrogen-bond donors (Lipinski definition) is 1. The van der Waals surface area contributed by atoms with Gasteiger partial charge in [-0.3, -0.25) is 14.3 Å². The fraction of sp³-hybridized carbons (Fsp3) is 0.400. The summed E-state index contributed by atoms with van der Waals surface area (Å²) in [6, 6.07) is 0. The van der Waals surface area contributed by atoms with Gasteiger partial charge in [0, 0.05) is 11.8 Å². The van der Waals surface area contributed by atoms with Crippen molar-refractivity contribution in [3.8, 4) is 0 Å². The van der Waals surface area contributed by atoms with E-state index in [2.05, 4.69) is 21.2 Å². The Balaban J connectivity index is 2.26. The third-order valence-corrected chi connectivity index (χ3v) is 2.72. The molecule has 0 spiro atoms. The second-order valence-electron chi connectivity index (χ2n) is 3.70. The summed E-state index contributed by atoms with van der Waals surface area (Å²) < 4.78 is 11.6. The summed E-state index contributed by atoms with van der Waals surface area (Å²) in [6.07, 6.45) is 4.31. The van der Waals surface area contributed by atoms with E-state index < -0.39 is 11.9 Å². The highest BCUT2D eigenvalue weighted by atomic mass is 79.9. The number of ether oxygens (including phenoxy) is 1. The van der Waals surface area contributed by atoms with Gasteiger partial charge in [-0.1, -0.05) is 6.08 Å². The second-order valence-corrected chi connectivity index (χ2v) is 4.16. The highest BCUT2D eigenvalue weighted by Gasteiger charge is 2.21. The summed E-state index contributed by atoms with van der Waals surface area (Å²) in [5.74, 6) is 0. The van der Waals surface area contributed by atoms with Gasteiger partial charge in [-0.25, -0.2) is 4.79 Å². The minimum absolute atomic E-state index is 0.210. The number of nitrogens with one attached hydrogen (secondary N) is 1. The number of hydrogen-bond acceptors (Lipinski definition) is 4. The highest BCUT2D eigenvalue weighted by molar-refractivity contribution is 9.06. The molecule has 1 aliphatic heterocycles. The van der Waals surface area contributed by atoms with Crippen LogP contribution in [0.5, 0.6) is 0 Å². The SMILES string of the molecule is Cc1cn([C@H]2C=C[C@@H](COBr)O2)c(=O)[nH]c1=O. The Labute approximate surface area is 105 Å². The lowest BCUT2D eigenvalue weighted by molar-refractivity contribution is -0.000844. The number of aryl methyl sites for hydroxylation is 1. The van der Waals surface area contributed by atoms with Gasteiger partial charge in [0.15, 0.2) is 6.23 Å². The Kier molecular flexibility index (Phi) is 3.60. The van der Waals surface area contributed by atoms with E-state index in [9.17, 15) is 9.59 Å². The topological polar surface area (TPSA) is 73.3 Å². The molecule has 0 amide bonds. The first-order chi connectivity index (χ1) is 8.11. The van der Waals surface area contributed by atoms with Crippen LogP contribution in [-0.2, 0) is 8.57 Å². The van der Waals surface area contributed by atoms with E-state index in [1.165, 1.54) is 10.8 Å². The van der Waals surface area contributed by atoms with Gasteiger partial charge >= 0.3 is 5.69 Å². The molecule has 2 atom stereocenters. The fourth-order valence-corrected chi connectivity index (χ4v) is 1.84. The molecule has 0 unspecified atom stereocenters. The molecule has 0 fully saturated rings. The molecule has 92 valence electrons. The lowest BCUT2D eigenvalue weighted by Crippen LogP contribution is -2.33. The molecule has 1 aromatic rings.